The van der Waals surface area contributed by atoms with Crippen LogP contribution in [-0.4, -0.2) is 36.0 Å². The molecule has 1 aromatic rings. The smallest absolute Gasteiger partial charge is 0.305 e. The van der Waals surface area contributed by atoms with Crippen molar-refractivity contribution in [1.29, 1.82) is 0 Å². The number of carboxylic acid groups (broad SMARTS) is 1. The molecule has 21 heavy (non-hydrogen) atoms. The minimum Gasteiger partial charge on any atom is -0.481 e. The van der Waals surface area contributed by atoms with Crippen molar-refractivity contribution >= 4 is 23.5 Å². The van der Waals surface area contributed by atoms with E-state index < -0.39 is 5.97 Å². The van der Waals surface area contributed by atoms with Gasteiger partial charge >= 0.3 is 5.97 Å². The summed E-state index contributed by atoms with van der Waals surface area (Å²) in [5.74, 6) is -1.17. The first-order valence-electron chi connectivity index (χ1n) is 6.94. The number of anilines is 1. The molecule has 0 unspecified atom stereocenters. The lowest BCUT2D eigenvalue weighted by Crippen LogP contribution is -2.38. The second-order valence-corrected chi connectivity index (χ2v) is 4.92. The molecule has 0 atom stereocenters. The van der Waals surface area contributed by atoms with Gasteiger partial charge in [-0.05, 0) is 18.1 Å². The van der Waals surface area contributed by atoms with Crippen LogP contribution in [0.3, 0.4) is 0 Å². The van der Waals surface area contributed by atoms with E-state index in [1.807, 2.05) is 24.3 Å². The molecule has 6 heteroatoms. The van der Waals surface area contributed by atoms with E-state index in [9.17, 15) is 14.4 Å². The van der Waals surface area contributed by atoms with Crippen LogP contribution in [0.1, 0.15) is 24.8 Å². The van der Waals surface area contributed by atoms with Crippen LogP contribution in [0.15, 0.2) is 24.3 Å². The first-order chi connectivity index (χ1) is 10.1. The van der Waals surface area contributed by atoms with Crippen LogP contribution in [0, 0.1) is 0 Å². The van der Waals surface area contributed by atoms with E-state index in [4.69, 9.17) is 5.11 Å². The summed E-state index contributed by atoms with van der Waals surface area (Å²) < 4.78 is 0. The Kier molecular flexibility index (Phi) is 4.92. The van der Waals surface area contributed by atoms with Crippen molar-refractivity contribution < 1.29 is 19.5 Å². The van der Waals surface area contributed by atoms with Crippen molar-refractivity contribution in [1.82, 2.24) is 5.32 Å². The van der Waals surface area contributed by atoms with E-state index in [2.05, 4.69) is 5.32 Å². The molecular formula is C15H18N2O4. The summed E-state index contributed by atoms with van der Waals surface area (Å²) in [7, 11) is 0. The van der Waals surface area contributed by atoms with Crippen LogP contribution >= 0.6 is 0 Å². The van der Waals surface area contributed by atoms with Crippen LogP contribution in [0.4, 0.5) is 5.69 Å². The van der Waals surface area contributed by atoms with Gasteiger partial charge in [-0.3, -0.25) is 14.4 Å². The van der Waals surface area contributed by atoms with Gasteiger partial charge in [-0.1, -0.05) is 18.2 Å². The predicted molar refractivity (Wildman–Crippen MR) is 77.0 cm³/mol. The van der Waals surface area contributed by atoms with Gasteiger partial charge in [0.15, 0.2) is 0 Å². The molecule has 1 aliphatic rings. The van der Waals surface area contributed by atoms with Gasteiger partial charge in [0.25, 0.3) is 0 Å². The van der Waals surface area contributed by atoms with Gasteiger partial charge in [0.1, 0.15) is 0 Å². The standard InChI is InChI=1S/C15H18N2O4/c18-13(16-9-7-15(20)21)8-10-17-12-4-2-1-3-11(12)5-6-14(17)19/h1-4H,5-10H2,(H,16,18)(H,20,21). The van der Waals surface area contributed by atoms with Gasteiger partial charge in [-0.15, -0.1) is 0 Å². The lowest BCUT2D eigenvalue weighted by atomic mass is 10.0. The molecule has 112 valence electrons. The topological polar surface area (TPSA) is 86.7 Å². The normalized spacial score (nSPS) is 13.7. The summed E-state index contributed by atoms with van der Waals surface area (Å²) in [4.78, 5) is 35.6. The van der Waals surface area contributed by atoms with Gasteiger partial charge in [-0.25, -0.2) is 0 Å². The quantitative estimate of drug-likeness (QED) is 0.816. The fraction of sp³-hybridized carbons (Fsp3) is 0.400. The minimum atomic E-state index is -0.949. The highest BCUT2D eigenvalue weighted by atomic mass is 16.4. The molecule has 0 spiro atoms. The maximum atomic E-state index is 12.0. The third-order valence-electron chi connectivity index (χ3n) is 3.42. The van der Waals surface area contributed by atoms with Crippen LogP contribution in [0.5, 0.6) is 0 Å². The van der Waals surface area contributed by atoms with Crippen LogP contribution < -0.4 is 10.2 Å². The number of carboxylic acids is 1. The van der Waals surface area contributed by atoms with E-state index in [1.165, 1.54) is 0 Å². The molecule has 2 rings (SSSR count). The summed E-state index contributed by atoms with van der Waals surface area (Å²) in [5, 5.41) is 11.0. The number of para-hydroxylation sites is 1. The minimum absolute atomic E-state index is 0.0204. The Balaban J connectivity index is 1.89. The van der Waals surface area contributed by atoms with E-state index in [1.54, 1.807) is 4.90 Å². The SMILES string of the molecule is O=C(O)CCNC(=O)CCN1C(=O)CCc2ccccc21. The fourth-order valence-electron chi connectivity index (χ4n) is 2.35. The zero-order chi connectivity index (χ0) is 15.2. The summed E-state index contributed by atoms with van der Waals surface area (Å²) in [6.07, 6.45) is 1.25. The number of aliphatic carboxylic acids is 1. The molecule has 0 aromatic heterocycles. The van der Waals surface area contributed by atoms with Crippen LogP contribution in [0.2, 0.25) is 0 Å². The molecule has 0 bridgehead atoms. The third-order valence-corrected chi connectivity index (χ3v) is 3.42. The molecule has 2 amide bonds. The van der Waals surface area contributed by atoms with E-state index in [-0.39, 0.29) is 31.2 Å². The number of carbonyl (C=O) groups is 3. The number of aryl methyl sites for hydroxylation is 1. The third kappa shape index (κ3) is 4.05. The molecule has 0 radical (unpaired) electrons. The lowest BCUT2D eigenvalue weighted by Gasteiger charge is -2.29. The van der Waals surface area contributed by atoms with E-state index in [0.717, 1.165) is 17.7 Å². The molecule has 0 fully saturated rings. The molecule has 1 aliphatic heterocycles. The van der Waals surface area contributed by atoms with Crippen molar-refractivity contribution in [2.45, 2.75) is 25.7 Å². The largest absolute Gasteiger partial charge is 0.481 e. The molecule has 6 nitrogen and oxygen atoms in total. The number of hydrogen-bond acceptors (Lipinski definition) is 3. The fourth-order valence-corrected chi connectivity index (χ4v) is 2.35. The van der Waals surface area contributed by atoms with Crippen molar-refractivity contribution in [2.24, 2.45) is 0 Å². The summed E-state index contributed by atoms with van der Waals surface area (Å²) in [6.45, 7) is 0.424. The Morgan fingerprint density at radius 3 is 2.71 bits per heavy atom. The van der Waals surface area contributed by atoms with E-state index in [0.29, 0.717) is 13.0 Å². The van der Waals surface area contributed by atoms with Crippen molar-refractivity contribution in [3.05, 3.63) is 29.8 Å². The highest BCUT2D eigenvalue weighted by Crippen LogP contribution is 2.27. The maximum Gasteiger partial charge on any atom is 0.305 e. The predicted octanol–water partition coefficient (Wildman–Crippen LogP) is 0.947. The monoisotopic (exact) mass is 290 g/mol. The lowest BCUT2D eigenvalue weighted by molar-refractivity contribution is -0.137. The maximum absolute atomic E-state index is 12.0. The number of fused-ring (bicyclic) bond motifs is 1. The Hall–Kier alpha value is -2.37. The highest BCUT2D eigenvalue weighted by Gasteiger charge is 2.23. The van der Waals surface area contributed by atoms with Gasteiger partial charge in [0, 0.05) is 31.6 Å². The van der Waals surface area contributed by atoms with Gasteiger partial charge < -0.3 is 15.3 Å². The van der Waals surface area contributed by atoms with Crippen molar-refractivity contribution in [3.8, 4) is 0 Å². The van der Waals surface area contributed by atoms with Crippen LogP contribution in [-0.2, 0) is 20.8 Å². The highest BCUT2D eigenvalue weighted by molar-refractivity contribution is 5.97. The van der Waals surface area contributed by atoms with E-state index >= 15 is 0 Å². The Bertz CT molecular complexity index is 556. The zero-order valence-electron chi connectivity index (χ0n) is 11.7. The molecule has 0 saturated heterocycles. The zero-order valence-corrected chi connectivity index (χ0v) is 11.7. The Morgan fingerprint density at radius 1 is 1.19 bits per heavy atom. The second-order valence-electron chi connectivity index (χ2n) is 4.92. The van der Waals surface area contributed by atoms with Crippen molar-refractivity contribution in [3.63, 3.8) is 0 Å². The number of rotatable bonds is 6. The molecular weight excluding hydrogens is 272 g/mol. The Morgan fingerprint density at radius 2 is 1.95 bits per heavy atom. The Labute approximate surface area is 122 Å². The average Bonchev–Trinajstić information content (AvgIpc) is 2.46. The molecule has 0 aliphatic carbocycles. The van der Waals surface area contributed by atoms with Crippen LogP contribution in [0.25, 0.3) is 0 Å². The first kappa shape index (κ1) is 15.0. The molecule has 1 aromatic carbocycles. The summed E-state index contributed by atoms with van der Waals surface area (Å²) >= 11 is 0. The van der Waals surface area contributed by atoms with Gasteiger partial charge in [0.2, 0.25) is 11.8 Å². The van der Waals surface area contributed by atoms with Gasteiger partial charge in [-0.2, -0.15) is 0 Å². The number of carbonyl (C=O) groups excluding carboxylic acids is 2. The number of benzene rings is 1. The molecule has 2 N–H and O–H groups in total. The second kappa shape index (κ2) is 6.88. The van der Waals surface area contributed by atoms with Crippen molar-refractivity contribution in [2.75, 3.05) is 18.0 Å². The number of nitrogens with zero attached hydrogens (tertiary/aromatic N) is 1. The number of amides is 2. The summed E-state index contributed by atoms with van der Waals surface area (Å²) in [5.41, 5.74) is 1.98. The first-order valence-corrected chi connectivity index (χ1v) is 6.94. The molecule has 1 heterocycles. The summed E-state index contributed by atoms with van der Waals surface area (Å²) in [6, 6.07) is 7.68. The molecule has 0 saturated carbocycles. The number of nitrogens with one attached hydrogen (secondary N) is 1. The average molecular weight is 290 g/mol. The van der Waals surface area contributed by atoms with Gasteiger partial charge in [0.05, 0.1) is 6.42 Å². The number of hydrogen-bond donors (Lipinski definition) is 2.